The first-order valence-corrected chi connectivity index (χ1v) is 7.22. The van der Waals surface area contributed by atoms with Gasteiger partial charge in [-0.25, -0.2) is 4.98 Å². The molecule has 0 aliphatic rings. The minimum atomic E-state index is -4.40. The summed E-state index contributed by atoms with van der Waals surface area (Å²) in [5, 5.41) is 2.59. The number of fused-ring (bicyclic) bond motifs is 1. The van der Waals surface area contributed by atoms with Crippen LogP contribution in [0.5, 0.6) is 0 Å². The van der Waals surface area contributed by atoms with Crippen LogP contribution in [0.3, 0.4) is 0 Å². The van der Waals surface area contributed by atoms with Gasteiger partial charge in [0.25, 0.3) is 5.91 Å². The van der Waals surface area contributed by atoms with Crippen molar-refractivity contribution in [3.63, 3.8) is 0 Å². The van der Waals surface area contributed by atoms with Crippen LogP contribution in [-0.4, -0.2) is 15.3 Å². The molecule has 0 aliphatic carbocycles. The normalized spacial score (nSPS) is 11.7. The number of rotatable bonds is 3. The highest BCUT2D eigenvalue weighted by Gasteiger charge is 2.30. The van der Waals surface area contributed by atoms with Crippen LogP contribution in [0.1, 0.15) is 27.2 Å². The molecule has 2 heterocycles. The quantitative estimate of drug-likeness (QED) is 0.796. The molecule has 0 aliphatic heterocycles. The number of nitrogens with one attached hydrogen (secondary N) is 1. The van der Waals surface area contributed by atoms with Gasteiger partial charge < -0.3 is 9.72 Å². The Labute approximate surface area is 135 Å². The number of hydrogen-bond acceptors (Lipinski definition) is 2. The van der Waals surface area contributed by atoms with Gasteiger partial charge in [0.15, 0.2) is 0 Å². The summed E-state index contributed by atoms with van der Waals surface area (Å²) >= 11 is 0. The van der Waals surface area contributed by atoms with Gasteiger partial charge in [-0.15, -0.1) is 0 Å². The molecule has 0 saturated heterocycles. The van der Waals surface area contributed by atoms with Crippen LogP contribution in [0.15, 0.2) is 48.8 Å². The Kier molecular flexibility index (Phi) is 4.01. The smallest absolute Gasteiger partial charge is 0.347 e. The van der Waals surface area contributed by atoms with Crippen LogP contribution in [0, 0.1) is 6.92 Å². The number of aryl methyl sites for hydroxylation is 1. The third kappa shape index (κ3) is 3.40. The summed E-state index contributed by atoms with van der Waals surface area (Å²) < 4.78 is 39.8. The fourth-order valence-electron chi connectivity index (χ4n) is 2.32. The van der Waals surface area contributed by atoms with E-state index < -0.39 is 17.6 Å². The number of hydrogen-bond donors (Lipinski definition) is 1. The topological polar surface area (TPSA) is 46.4 Å². The second-order valence-electron chi connectivity index (χ2n) is 5.48. The van der Waals surface area contributed by atoms with E-state index in [4.69, 9.17) is 0 Å². The van der Waals surface area contributed by atoms with Crippen molar-refractivity contribution < 1.29 is 18.0 Å². The van der Waals surface area contributed by atoms with Crippen molar-refractivity contribution >= 4 is 11.6 Å². The van der Waals surface area contributed by atoms with E-state index in [1.807, 2.05) is 19.1 Å². The highest BCUT2D eigenvalue weighted by atomic mass is 19.4. The standard InChI is InChI=1S/C17H14F3N3O/c1-11-5-6-23-10-14(22-15(23)7-11)16(24)21-9-12-3-2-4-13(8-12)17(18,19)20/h2-8,10H,9H2,1H3,(H,21,24). The van der Waals surface area contributed by atoms with E-state index in [0.29, 0.717) is 11.2 Å². The second kappa shape index (κ2) is 5.99. The minimum absolute atomic E-state index is 0.00431. The van der Waals surface area contributed by atoms with E-state index in [9.17, 15) is 18.0 Å². The lowest BCUT2D eigenvalue weighted by Gasteiger charge is -2.09. The first-order valence-electron chi connectivity index (χ1n) is 7.22. The van der Waals surface area contributed by atoms with Crippen molar-refractivity contribution in [3.05, 3.63) is 71.2 Å². The van der Waals surface area contributed by atoms with Gasteiger partial charge in [0, 0.05) is 18.9 Å². The Balaban J connectivity index is 1.73. The zero-order valence-electron chi connectivity index (χ0n) is 12.8. The molecule has 7 heteroatoms. The summed E-state index contributed by atoms with van der Waals surface area (Å²) in [6, 6.07) is 8.59. The van der Waals surface area contributed by atoms with Gasteiger partial charge in [-0.1, -0.05) is 12.1 Å². The number of imidazole rings is 1. The van der Waals surface area contributed by atoms with Crippen molar-refractivity contribution in [1.29, 1.82) is 0 Å². The molecular formula is C17H14F3N3O. The zero-order valence-corrected chi connectivity index (χ0v) is 12.8. The van der Waals surface area contributed by atoms with Gasteiger partial charge in [0.05, 0.1) is 5.56 Å². The summed E-state index contributed by atoms with van der Waals surface area (Å²) in [5.41, 5.74) is 1.51. The lowest BCUT2D eigenvalue weighted by atomic mass is 10.1. The Morgan fingerprint density at radius 1 is 1.25 bits per heavy atom. The monoisotopic (exact) mass is 333 g/mol. The number of amides is 1. The number of carbonyl (C=O) groups excluding carboxylic acids is 1. The molecule has 24 heavy (non-hydrogen) atoms. The molecule has 1 amide bonds. The van der Waals surface area contributed by atoms with Gasteiger partial charge in [-0.05, 0) is 42.3 Å². The van der Waals surface area contributed by atoms with E-state index in [2.05, 4.69) is 10.3 Å². The summed E-state index contributed by atoms with van der Waals surface area (Å²) in [7, 11) is 0. The molecule has 4 nitrogen and oxygen atoms in total. The lowest BCUT2D eigenvalue weighted by molar-refractivity contribution is -0.137. The number of nitrogens with zero attached hydrogens (tertiary/aromatic N) is 2. The fourth-order valence-corrected chi connectivity index (χ4v) is 2.32. The molecule has 0 unspecified atom stereocenters. The van der Waals surface area contributed by atoms with Gasteiger partial charge in [-0.2, -0.15) is 13.2 Å². The number of halogens is 3. The average Bonchev–Trinajstić information content (AvgIpc) is 2.95. The van der Waals surface area contributed by atoms with E-state index in [1.165, 1.54) is 12.1 Å². The third-order valence-corrected chi connectivity index (χ3v) is 3.56. The number of alkyl halides is 3. The fraction of sp³-hybridized carbons (Fsp3) is 0.176. The minimum Gasteiger partial charge on any atom is -0.347 e. The van der Waals surface area contributed by atoms with E-state index in [-0.39, 0.29) is 12.2 Å². The Hall–Kier alpha value is -2.83. The highest BCUT2D eigenvalue weighted by molar-refractivity contribution is 5.92. The van der Waals surface area contributed by atoms with E-state index >= 15 is 0 Å². The van der Waals surface area contributed by atoms with Crippen LogP contribution < -0.4 is 5.32 Å². The summed E-state index contributed by atoms with van der Waals surface area (Å²) in [4.78, 5) is 16.4. The first kappa shape index (κ1) is 16.0. The molecule has 0 saturated carbocycles. The molecule has 2 aromatic heterocycles. The maximum atomic E-state index is 12.7. The summed E-state index contributed by atoms with van der Waals surface area (Å²) in [6.07, 6.45) is -1.03. The van der Waals surface area contributed by atoms with Crippen molar-refractivity contribution in [2.24, 2.45) is 0 Å². The third-order valence-electron chi connectivity index (χ3n) is 3.56. The van der Waals surface area contributed by atoms with Gasteiger partial charge in [-0.3, -0.25) is 4.79 Å². The first-order chi connectivity index (χ1) is 11.3. The molecule has 3 aromatic rings. The number of pyridine rings is 1. The average molecular weight is 333 g/mol. The molecule has 124 valence electrons. The molecule has 0 bridgehead atoms. The molecule has 0 spiro atoms. The lowest BCUT2D eigenvalue weighted by Crippen LogP contribution is -2.23. The Morgan fingerprint density at radius 2 is 2.04 bits per heavy atom. The molecular weight excluding hydrogens is 319 g/mol. The van der Waals surface area contributed by atoms with Crippen molar-refractivity contribution in [1.82, 2.24) is 14.7 Å². The highest BCUT2D eigenvalue weighted by Crippen LogP contribution is 2.29. The SMILES string of the molecule is Cc1ccn2cc(C(=O)NCc3cccc(C(F)(F)F)c3)nc2c1. The number of carbonyl (C=O) groups is 1. The molecule has 0 atom stereocenters. The molecule has 0 fully saturated rings. The van der Waals surface area contributed by atoms with Crippen LogP contribution >= 0.6 is 0 Å². The Morgan fingerprint density at radius 3 is 2.79 bits per heavy atom. The Bertz CT molecular complexity index is 899. The summed E-state index contributed by atoms with van der Waals surface area (Å²) in [6.45, 7) is 1.91. The molecule has 0 radical (unpaired) electrons. The van der Waals surface area contributed by atoms with Gasteiger partial charge >= 0.3 is 6.18 Å². The van der Waals surface area contributed by atoms with Crippen molar-refractivity contribution in [2.75, 3.05) is 0 Å². The maximum Gasteiger partial charge on any atom is 0.416 e. The zero-order chi connectivity index (χ0) is 17.3. The number of aromatic nitrogens is 2. The maximum absolute atomic E-state index is 12.7. The largest absolute Gasteiger partial charge is 0.416 e. The van der Waals surface area contributed by atoms with Crippen LogP contribution in [0.25, 0.3) is 5.65 Å². The van der Waals surface area contributed by atoms with E-state index in [1.54, 1.807) is 16.8 Å². The van der Waals surface area contributed by atoms with Crippen molar-refractivity contribution in [2.45, 2.75) is 19.6 Å². The molecule has 3 rings (SSSR count). The van der Waals surface area contributed by atoms with E-state index in [0.717, 1.165) is 17.7 Å². The van der Waals surface area contributed by atoms with Crippen LogP contribution in [0.4, 0.5) is 13.2 Å². The predicted octanol–water partition coefficient (Wildman–Crippen LogP) is 3.59. The van der Waals surface area contributed by atoms with Crippen LogP contribution in [-0.2, 0) is 12.7 Å². The number of benzene rings is 1. The molecule has 1 aromatic carbocycles. The van der Waals surface area contributed by atoms with Crippen LogP contribution in [0.2, 0.25) is 0 Å². The van der Waals surface area contributed by atoms with Gasteiger partial charge in [0.1, 0.15) is 11.3 Å². The predicted molar refractivity (Wildman–Crippen MR) is 82.5 cm³/mol. The second-order valence-corrected chi connectivity index (χ2v) is 5.48. The molecule has 1 N–H and O–H groups in total. The summed E-state index contributed by atoms with van der Waals surface area (Å²) in [5.74, 6) is -0.436. The van der Waals surface area contributed by atoms with Gasteiger partial charge in [0.2, 0.25) is 0 Å². The van der Waals surface area contributed by atoms with Crippen molar-refractivity contribution in [3.8, 4) is 0 Å².